The van der Waals surface area contributed by atoms with Gasteiger partial charge in [0.2, 0.25) is 0 Å². The van der Waals surface area contributed by atoms with Crippen LogP contribution in [0.2, 0.25) is 0 Å². The second-order valence-electron chi connectivity index (χ2n) is 4.38. The molecular formula is C16H15N3O2. The van der Waals surface area contributed by atoms with Gasteiger partial charge >= 0.3 is 0 Å². The van der Waals surface area contributed by atoms with E-state index in [4.69, 9.17) is 5.73 Å². The highest BCUT2D eigenvalue weighted by Crippen LogP contribution is 2.18. The molecule has 0 aliphatic rings. The summed E-state index contributed by atoms with van der Waals surface area (Å²) in [7, 11) is 0. The van der Waals surface area contributed by atoms with Gasteiger partial charge in [-0.25, -0.2) is 0 Å². The van der Waals surface area contributed by atoms with Crippen molar-refractivity contribution in [3.05, 3.63) is 53.3 Å². The molecule has 0 saturated carbocycles. The number of aromatic hydroxyl groups is 1. The van der Waals surface area contributed by atoms with Crippen molar-refractivity contribution in [2.45, 2.75) is 6.92 Å². The maximum Gasteiger partial charge on any atom is 0.259 e. The second-order valence-corrected chi connectivity index (χ2v) is 4.38. The van der Waals surface area contributed by atoms with Crippen LogP contribution in [0.5, 0.6) is 5.75 Å². The molecule has 1 aromatic carbocycles. The zero-order valence-corrected chi connectivity index (χ0v) is 11.6. The molecule has 5 nitrogen and oxygen atoms in total. The quantitative estimate of drug-likeness (QED) is 0.730. The van der Waals surface area contributed by atoms with Crippen LogP contribution < -0.4 is 11.1 Å². The number of carbonyl (C=O) groups excluding carboxylic acids is 1. The van der Waals surface area contributed by atoms with E-state index in [1.807, 2.05) is 13.0 Å². The largest absolute Gasteiger partial charge is 0.505 e. The molecule has 106 valence electrons. The summed E-state index contributed by atoms with van der Waals surface area (Å²) in [5, 5.41) is 12.3. The first-order valence-electron chi connectivity index (χ1n) is 6.35. The number of pyridine rings is 1. The topological polar surface area (TPSA) is 88.2 Å². The van der Waals surface area contributed by atoms with Crippen LogP contribution in [0.3, 0.4) is 0 Å². The van der Waals surface area contributed by atoms with Gasteiger partial charge in [0.25, 0.3) is 5.91 Å². The van der Waals surface area contributed by atoms with Crippen LogP contribution in [-0.4, -0.2) is 22.5 Å². The van der Waals surface area contributed by atoms with E-state index < -0.39 is 5.91 Å². The van der Waals surface area contributed by atoms with Crippen molar-refractivity contribution < 1.29 is 9.90 Å². The lowest BCUT2D eigenvalue weighted by atomic mass is 10.1. The van der Waals surface area contributed by atoms with Gasteiger partial charge in [-0.3, -0.25) is 9.78 Å². The van der Waals surface area contributed by atoms with E-state index in [-0.39, 0.29) is 17.9 Å². The molecule has 0 fully saturated rings. The van der Waals surface area contributed by atoms with Gasteiger partial charge in [-0.1, -0.05) is 17.9 Å². The zero-order valence-electron chi connectivity index (χ0n) is 11.6. The maximum absolute atomic E-state index is 12.1. The fraction of sp³-hybridized carbons (Fsp3) is 0.125. The Morgan fingerprint density at radius 3 is 2.95 bits per heavy atom. The van der Waals surface area contributed by atoms with Crippen molar-refractivity contribution in [1.29, 1.82) is 0 Å². The first kappa shape index (κ1) is 14.6. The van der Waals surface area contributed by atoms with Gasteiger partial charge in [-0.2, -0.15) is 0 Å². The summed E-state index contributed by atoms with van der Waals surface area (Å²) in [6.07, 6.45) is 2.67. The van der Waals surface area contributed by atoms with Crippen LogP contribution >= 0.6 is 0 Å². The lowest BCUT2D eigenvalue weighted by Crippen LogP contribution is -2.12. The third kappa shape index (κ3) is 3.59. The molecule has 1 heterocycles. The standard InChI is InChI=1S/C16H15N3O2/c1-11-4-5-13(9-12(11)3-2-7-17)19-16(21)14-6-8-18-10-15(14)20/h4-6,8-10,20H,7,17H2,1H3,(H,19,21). The molecular weight excluding hydrogens is 266 g/mol. The van der Waals surface area contributed by atoms with E-state index >= 15 is 0 Å². The Labute approximate surface area is 122 Å². The molecule has 5 heteroatoms. The zero-order chi connectivity index (χ0) is 15.2. The third-order valence-corrected chi connectivity index (χ3v) is 2.87. The number of rotatable bonds is 2. The molecule has 2 aromatic rings. The molecule has 0 atom stereocenters. The highest BCUT2D eigenvalue weighted by molar-refractivity contribution is 6.06. The van der Waals surface area contributed by atoms with Crippen molar-refractivity contribution >= 4 is 11.6 Å². The number of anilines is 1. The number of aromatic nitrogens is 1. The summed E-state index contributed by atoms with van der Waals surface area (Å²) in [6.45, 7) is 2.21. The Kier molecular flexibility index (Phi) is 4.54. The van der Waals surface area contributed by atoms with Crippen LogP contribution in [0.4, 0.5) is 5.69 Å². The number of nitrogens with two attached hydrogens (primary N) is 1. The number of benzene rings is 1. The normalized spacial score (nSPS) is 9.62. The highest BCUT2D eigenvalue weighted by Gasteiger charge is 2.11. The van der Waals surface area contributed by atoms with E-state index in [0.717, 1.165) is 11.1 Å². The van der Waals surface area contributed by atoms with Crippen LogP contribution in [0.25, 0.3) is 0 Å². The van der Waals surface area contributed by atoms with Gasteiger partial charge in [0.1, 0.15) is 5.75 Å². The first-order valence-corrected chi connectivity index (χ1v) is 6.35. The molecule has 0 radical (unpaired) electrons. The first-order chi connectivity index (χ1) is 10.1. The lowest BCUT2D eigenvalue weighted by Gasteiger charge is -2.08. The van der Waals surface area contributed by atoms with Crippen molar-refractivity contribution in [1.82, 2.24) is 4.98 Å². The molecule has 0 aliphatic carbocycles. The smallest absolute Gasteiger partial charge is 0.259 e. The number of hydrogen-bond acceptors (Lipinski definition) is 4. The van der Waals surface area contributed by atoms with Gasteiger partial charge in [0.05, 0.1) is 18.3 Å². The minimum Gasteiger partial charge on any atom is -0.505 e. The predicted octanol–water partition coefficient (Wildman–Crippen LogP) is 1.66. The van der Waals surface area contributed by atoms with Crippen LogP contribution in [0.1, 0.15) is 21.5 Å². The second kappa shape index (κ2) is 6.55. The molecule has 0 unspecified atom stereocenters. The molecule has 1 amide bonds. The third-order valence-electron chi connectivity index (χ3n) is 2.87. The summed E-state index contributed by atoms with van der Waals surface area (Å²) < 4.78 is 0. The van der Waals surface area contributed by atoms with Crippen LogP contribution in [-0.2, 0) is 0 Å². The number of hydrogen-bond donors (Lipinski definition) is 3. The average molecular weight is 281 g/mol. The number of amides is 1. The monoisotopic (exact) mass is 281 g/mol. The minimum absolute atomic E-state index is 0.162. The maximum atomic E-state index is 12.1. The van der Waals surface area contributed by atoms with E-state index in [1.54, 1.807) is 12.1 Å². The lowest BCUT2D eigenvalue weighted by molar-refractivity contribution is 0.102. The van der Waals surface area contributed by atoms with E-state index in [0.29, 0.717) is 5.69 Å². The fourth-order valence-electron chi connectivity index (χ4n) is 1.76. The van der Waals surface area contributed by atoms with E-state index in [9.17, 15) is 9.90 Å². The molecule has 4 N–H and O–H groups in total. The van der Waals surface area contributed by atoms with E-state index in [2.05, 4.69) is 22.1 Å². The van der Waals surface area contributed by atoms with Gasteiger partial charge in [0, 0.05) is 17.4 Å². The van der Waals surface area contributed by atoms with Gasteiger partial charge in [-0.15, -0.1) is 0 Å². The predicted molar refractivity (Wildman–Crippen MR) is 81.0 cm³/mol. The number of nitrogens with one attached hydrogen (secondary N) is 1. The van der Waals surface area contributed by atoms with Crippen LogP contribution in [0, 0.1) is 18.8 Å². The van der Waals surface area contributed by atoms with Crippen molar-refractivity contribution in [3.63, 3.8) is 0 Å². The number of nitrogens with zero attached hydrogens (tertiary/aromatic N) is 1. The van der Waals surface area contributed by atoms with Crippen molar-refractivity contribution in [2.24, 2.45) is 5.73 Å². The Morgan fingerprint density at radius 2 is 2.24 bits per heavy atom. The number of carbonyl (C=O) groups is 1. The molecule has 0 aliphatic heterocycles. The van der Waals surface area contributed by atoms with Gasteiger partial charge in [-0.05, 0) is 30.7 Å². The summed E-state index contributed by atoms with van der Waals surface area (Å²) >= 11 is 0. The SMILES string of the molecule is Cc1ccc(NC(=O)c2ccncc2O)cc1C#CCN. The summed E-state index contributed by atoms with van der Waals surface area (Å²) in [5.41, 5.74) is 7.93. The summed E-state index contributed by atoms with van der Waals surface area (Å²) in [6, 6.07) is 6.86. The van der Waals surface area contributed by atoms with Gasteiger partial charge in [0.15, 0.2) is 0 Å². The number of aryl methyl sites for hydroxylation is 1. The fourth-order valence-corrected chi connectivity index (χ4v) is 1.76. The van der Waals surface area contributed by atoms with E-state index in [1.165, 1.54) is 18.5 Å². The Morgan fingerprint density at radius 1 is 1.43 bits per heavy atom. The highest BCUT2D eigenvalue weighted by atomic mass is 16.3. The average Bonchev–Trinajstić information content (AvgIpc) is 2.48. The Balaban J connectivity index is 2.24. The molecule has 0 bridgehead atoms. The summed E-state index contributed by atoms with van der Waals surface area (Å²) in [4.78, 5) is 15.8. The van der Waals surface area contributed by atoms with Gasteiger partial charge < -0.3 is 16.2 Å². The minimum atomic E-state index is -0.406. The Bertz CT molecular complexity index is 730. The van der Waals surface area contributed by atoms with Crippen molar-refractivity contribution in [3.8, 4) is 17.6 Å². The van der Waals surface area contributed by atoms with Crippen molar-refractivity contribution in [2.75, 3.05) is 11.9 Å². The molecule has 21 heavy (non-hydrogen) atoms. The molecule has 0 saturated heterocycles. The molecule has 1 aromatic heterocycles. The summed E-state index contributed by atoms with van der Waals surface area (Å²) in [5.74, 6) is 5.17. The molecule has 2 rings (SSSR count). The Hall–Kier alpha value is -2.84. The molecule has 0 spiro atoms. The van der Waals surface area contributed by atoms with Crippen LogP contribution in [0.15, 0.2) is 36.7 Å².